The average Bonchev–Trinajstić information content (AvgIpc) is 2.69. The lowest BCUT2D eigenvalue weighted by Crippen LogP contribution is -2.37. The van der Waals surface area contributed by atoms with Crippen LogP contribution in [0, 0.1) is 0 Å². The Kier molecular flexibility index (Phi) is 4.84. The average molecular weight is 255 g/mol. The van der Waals surface area contributed by atoms with Gasteiger partial charge in [0, 0.05) is 18.3 Å². The van der Waals surface area contributed by atoms with Crippen molar-refractivity contribution in [3.05, 3.63) is 22.4 Å². The molecule has 5 nitrogen and oxygen atoms in total. The Balaban J connectivity index is 2.60. The highest BCUT2D eigenvalue weighted by atomic mass is 32.1. The molecule has 1 aromatic heterocycles. The first-order valence-corrected chi connectivity index (χ1v) is 5.93. The predicted octanol–water partition coefficient (Wildman–Crippen LogP) is 1.14. The second kappa shape index (κ2) is 6.15. The zero-order chi connectivity index (χ0) is 12.8. The number of aliphatic carboxylic acids is 1. The highest BCUT2D eigenvalue weighted by Crippen LogP contribution is 2.11. The van der Waals surface area contributed by atoms with Gasteiger partial charge in [0.15, 0.2) is 0 Å². The van der Waals surface area contributed by atoms with E-state index in [0.29, 0.717) is 0 Å². The first-order valence-electron chi connectivity index (χ1n) is 5.06. The second-order valence-corrected chi connectivity index (χ2v) is 4.50. The quantitative estimate of drug-likeness (QED) is 0.856. The standard InChI is InChI=1S/C11H13NO4S/c1-8(13)12(5-4-11(15)16)10(14)7-9-3-2-6-17-9/h2-3,6H,4-5,7H2,1H3,(H,15,16). The van der Waals surface area contributed by atoms with Crippen molar-refractivity contribution in [1.82, 2.24) is 4.90 Å². The molecule has 0 aliphatic carbocycles. The molecule has 0 fully saturated rings. The number of carbonyl (C=O) groups excluding carboxylic acids is 2. The van der Waals surface area contributed by atoms with E-state index in [2.05, 4.69) is 0 Å². The lowest BCUT2D eigenvalue weighted by atomic mass is 10.3. The molecule has 0 bridgehead atoms. The van der Waals surface area contributed by atoms with Gasteiger partial charge >= 0.3 is 5.97 Å². The van der Waals surface area contributed by atoms with E-state index >= 15 is 0 Å². The number of carbonyl (C=O) groups is 3. The predicted molar refractivity (Wildman–Crippen MR) is 62.7 cm³/mol. The summed E-state index contributed by atoms with van der Waals surface area (Å²) in [5.41, 5.74) is 0. The maximum absolute atomic E-state index is 11.8. The molecule has 0 unspecified atom stereocenters. The summed E-state index contributed by atoms with van der Waals surface area (Å²) in [5, 5.41) is 10.4. The molecule has 0 saturated heterocycles. The number of nitrogens with zero attached hydrogens (tertiary/aromatic N) is 1. The molecule has 1 N–H and O–H groups in total. The van der Waals surface area contributed by atoms with Gasteiger partial charge in [-0.25, -0.2) is 0 Å². The number of rotatable bonds is 5. The molecule has 17 heavy (non-hydrogen) atoms. The second-order valence-electron chi connectivity index (χ2n) is 3.46. The Morgan fingerprint density at radius 2 is 2.12 bits per heavy atom. The normalized spacial score (nSPS) is 9.94. The number of hydrogen-bond acceptors (Lipinski definition) is 4. The van der Waals surface area contributed by atoms with Crippen molar-refractivity contribution in [3.63, 3.8) is 0 Å². The van der Waals surface area contributed by atoms with Crippen LogP contribution in [0.25, 0.3) is 0 Å². The van der Waals surface area contributed by atoms with Gasteiger partial charge in [-0.2, -0.15) is 0 Å². The van der Waals surface area contributed by atoms with E-state index in [4.69, 9.17) is 5.11 Å². The molecular formula is C11H13NO4S. The highest BCUT2D eigenvalue weighted by Gasteiger charge is 2.19. The van der Waals surface area contributed by atoms with E-state index in [1.807, 2.05) is 11.4 Å². The van der Waals surface area contributed by atoms with Crippen LogP contribution >= 0.6 is 11.3 Å². The highest BCUT2D eigenvalue weighted by molar-refractivity contribution is 7.10. The van der Waals surface area contributed by atoms with Crippen LogP contribution in [-0.4, -0.2) is 34.3 Å². The first kappa shape index (κ1) is 13.4. The molecule has 1 heterocycles. The third kappa shape index (κ3) is 4.36. The fourth-order valence-electron chi connectivity index (χ4n) is 1.32. The minimum absolute atomic E-state index is 0.0745. The zero-order valence-corrected chi connectivity index (χ0v) is 10.2. The van der Waals surface area contributed by atoms with Gasteiger partial charge < -0.3 is 5.11 Å². The van der Waals surface area contributed by atoms with E-state index in [1.54, 1.807) is 6.07 Å². The van der Waals surface area contributed by atoms with E-state index < -0.39 is 11.9 Å². The fourth-order valence-corrected chi connectivity index (χ4v) is 2.02. The summed E-state index contributed by atoms with van der Waals surface area (Å²) in [4.78, 5) is 35.3. The van der Waals surface area contributed by atoms with Crippen LogP contribution in [0.1, 0.15) is 18.2 Å². The summed E-state index contributed by atoms with van der Waals surface area (Å²) >= 11 is 1.43. The summed E-state index contributed by atoms with van der Waals surface area (Å²) in [7, 11) is 0. The Morgan fingerprint density at radius 1 is 1.41 bits per heavy atom. The molecule has 0 radical (unpaired) electrons. The lowest BCUT2D eigenvalue weighted by Gasteiger charge is -2.17. The van der Waals surface area contributed by atoms with Crippen LogP contribution in [0.2, 0.25) is 0 Å². The molecule has 0 aliphatic heterocycles. The summed E-state index contributed by atoms with van der Waals surface area (Å²) in [5.74, 6) is -1.81. The van der Waals surface area contributed by atoms with Crippen LogP contribution in [0.5, 0.6) is 0 Å². The third-order valence-electron chi connectivity index (χ3n) is 2.14. The van der Waals surface area contributed by atoms with Gasteiger partial charge in [-0.05, 0) is 11.4 Å². The smallest absolute Gasteiger partial charge is 0.305 e. The van der Waals surface area contributed by atoms with Crippen molar-refractivity contribution in [1.29, 1.82) is 0 Å². The van der Waals surface area contributed by atoms with Crippen LogP contribution in [0.4, 0.5) is 0 Å². The third-order valence-corrected chi connectivity index (χ3v) is 3.01. The van der Waals surface area contributed by atoms with Gasteiger partial charge in [-0.3, -0.25) is 19.3 Å². The number of hydrogen-bond donors (Lipinski definition) is 1. The molecule has 2 amide bonds. The zero-order valence-electron chi connectivity index (χ0n) is 9.38. The van der Waals surface area contributed by atoms with Crippen LogP contribution in [0.3, 0.4) is 0 Å². The molecular weight excluding hydrogens is 242 g/mol. The Labute approximate surface area is 103 Å². The first-order chi connectivity index (χ1) is 8.00. The molecule has 6 heteroatoms. The Bertz CT molecular complexity index is 413. The molecule has 0 saturated carbocycles. The van der Waals surface area contributed by atoms with Crippen molar-refractivity contribution in [3.8, 4) is 0 Å². The molecule has 0 aromatic carbocycles. The fraction of sp³-hybridized carbons (Fsp3) is 0.364. The van der Waals surface area contributed by atoms with Crippen molar-refractivity contribution >= 4 is 29.1 Å². The summed E-state index contributed by atoms with van der Waals surface area (Å²) in [6.45, 7) is 1.18. The van der Waals surface area contributed by atoms with Gasteiger partial charge in [0.1, 0.15) is 0 Å². The molecule has 0 spiro atoms. The van der Waals surface area contributed by atoms with Crippen molar-refractivity contribution in [2.24, 2.45) is 0 Å². The van der Waals surface area contributed by atoms with E-state index in [1.165, 1.54) is 18.3 Å². The maximum Gasteiger partial charge on any atom is 0.305 e. The number of carboxylic acids is 1. The Morgan fingerprint density at radius 3 is 2.59 bits per heavy atom. The summed E-state index contributed by atoms with van der Waals surface area (Å²) in [6.07, 6.45) is -0.0906. The monoisotopic (exact) mass is 255 g/mol. The van der Waals surface area contributed by atoms with Gasteiger partial charge in [0.2, 0.25) is 11.8 Å². The van der Waals surface area contributed by atoms with Crippen LogP contribution < -0.4 is 0 Å². The van der Waals surface area contributed by atoms with E-state index in [-0.39, 0.29) is 25.3 Å². The molecule has 92 valence electrons. The van der Waals surface area contributed by atoms with Crippen LogP contribution in [0.15, 0.2) is 17.5 Å². The van der Waals surface area contributed by atoms with E-state index in [9.17, 15) is 14.4 Å². The minimum Gasteiger partial charge on any atom is -0.481 e. The molecule has 0 aliphatic rings. The lowest BCUT2D eigenvalue weighted by molar-refractivity contribution is -0.144. The number of amides is 2. The number of thiophene rings is 1. The number of imide groups is 1. The minimum atomic E-state index is -1.03. The topological polar surface area (TPSA) is 74.7 Å². The number of carboxylic acid groups (broad SMARTS) is 1. The molecule has 1 rings (SSSR count). The molecule has 1 aromatic rings. The Hall–Kier alpha value is -1.69. The van der Waals surface area contributed by atoms with Gasteiger partial charge in [0.25, 0.3) is 0 Å². The molecule has 0 atom stereocenters. The van der Waals surface area contributed by atoms with Crippen molar-refractivity contribution in [2.75, 3.05) is 6.54 Å². The summed E-state index contributed by atoms with van der Waals surface area (Å²) in [6, 6.07) is 3.63. The van der Waals surface area contributed by atoms with E-state index in [0.717, 1.165) is 9.78 Å². The van der Waals surface area contributed by atoms with Gasteiger partial charge in [-0.1, -0.05) is 6.07 Å². The SMILES string of the molecule is CC(=O)N(CCC(=O)O)C(=O)Cc1cccs1. The maximum atomic E-state index is 11.8. The van der Waals surface area contributed by atoms with Crippen molar-refractivity contribution in [2.45, 2.75) is 19.8 Å². The largest absolute Gasteiger partial charge is 0.481 e. The summed E-state index contributed by atoms with van der Waals surface area (Å²) < 4.78 is 0. The van der Waals surface area contributed by atoms with Crippen molar-refractivity contribution < 1.29 is 19.5 Å². The van der Waals surface area contributed by atoms with Gasteiger partial charge in [-0.15, -0.1) is 11.3 Å². The van der Waals surface area contributed by atoms with Crippen LogP contribution in [-0.2, 0) is 20.8 Å². The van der Waals surface area contributed by atoms with Gasteiger partial charge in [0.05, 0.1) is 12.8 Å².